The normalized spacial score (nSPS) is 10.5. The van der Waals surface area contributed by atoms with Crippen molar-refractivity contribution in [2.45, 2.75) is 0 Å². The number of hydrogen-bond donors (Lipinski definition) is 1. The van der Waals surface area contributed by atoms with Gasteiger partial charge in [-0.3, -0.25) is 10.1 Å². The lowest BCUT2D eigenvalue weighted by molar-refractivity contribution is -0.385. The van der Waals surface area contributed by atoms with E-state index in [-0.39, 0.29) is 17.5 Å². The van der Waals surface area contributed by atoms with Crippen LogP contribution in [-0.4, -0.2) is 24.7 Å². The van der Waals surface area contributed by atoms with E-state index in [4.69, 9.17) is 5.73 Å². The van der Waals surface area contributed by atoms with Gasteiger partial charge in [-0.15, -0.1) is 0 Å². The number of nitro groups is 1. The van der Waals surface area contributed by atoms with Crippen molar-refractivity contribution in [2.24, 2.45) is 0 Å². The molecule has 0 aliphatic heterocycles. The standard InChI is InChI=1S/C13H10N6O2/c14-13-15-7-11(19(20)21)12(17-13)18-8-10(6-16-18)9-4-2-1-3-5-9/h1-8H,(H2,14,15,17). The van der Waals surface area contributed by atoms with Gasteiger partial charge in [0, 0.05) is 11.8 Å². The Bertz CT molecular complexity index is 799. The Labute approximate surface area is 119 Å². The number of nitrogens with two attached hydrogens (primary N) is 1. The molecule has 1 aromatic carbocycles. The van der Waals surface area contributed by atoms with Gasteiger partial charge in [0.05, 0.1) is 11.1 Å². The first-order chi connectivity index (χ1) is 10.1. The summed E-state index contributed by atoms with van der Waals surface area (Å²) in [7, 11) is 0. The lowest BCUT2D eigenvalue weighted by Gasteiger charge is -2.02. The SMILES string of the molecule is Nc1ncc([N+](=O)[O-])c(-n2cc(-c3ccccc3)cn2)n1. The summed E-state index contributed by atoms with van der Waals surface area (Å²) < 4.78 is 1.32. The Hall–Kier alpha value is -3.29. The highest BCUT2D eigenvalue weighted by Crippen LogP contribution is 2.23. The van der Waals surface area contributed by atoms with Crippen molar-refractivity contribution in [1.29, 1.82) is 0 Å². The molecule has 21 heavy (non-hydrogen) atoms. The molecule has 0 bridgehead atoms. The molecule has 0 unspecified atom stereocenters. The number of benzene rings is 1. The van der Waals surface area contributed by atoms with Crippen molar-refractivity contribution >= 4 is 11.6 Å². The van der Waals surface area contributed by atoms with Gasteiger partial charge in [0.25, 0.3) is 0 Å². The van der Waals surface area contributed by atoms with Crippen LogP contribution >= 0.6 is 0 Å². The predicted molar refractivity (Wildman–Crippen MR) is 75.7 cm³/mol. The number of rotatable bonds is 3. The fourth-order valence-corrected chi connectivity index (χ4v) is 1.90. The summed E-state index contributed by atoms with van der Waals surface area (Å²) >= 11 is 0. The molecular formula is C13H10N6O2. The molecule has 2 N–H and O–H groups in total. The summed E-state index contributed by atoms with van der Waals surface area (Å²) in [6.45, 7) is 0. The second kappa shape index (κ2) is 5.00. The third kappa shape index (κ3) is 2.41. The fourth-order valence-electron chi connectivity index (χ4n) is 1.90. The van der Waals surface area contributed by atoms with E-state index in [0.717, 1.165) is 17.3 Å². The van der Waals surface area contributed by atoms with Gasteiger partial charge in [-0.2, -0.15) is 10.1 Å². The number of aromatic nitrogens is 4. The zero-order chi connectivity index (χ0) is 14.8. The van der Waals surface area contributed by atoms with E-state index in [1.54, 1.807) is 12.4 Å². The molecule has 2 aromatic heterocycles. The average molecular weight is 282 g/mol. The van der Waals surface area contributed by atoms with E-state index >= 15 is 0 Å². The lowest BCUT2D eigenvalue weighted by Crippen LogP contribution is -2.07. The monoisotopic (exact) mass is 282 g/mol. The van der Waals surface area contributed by atoms with Gasteiger partial charge in [-0.05, 0) is 5.56 Å². The minimum absolute atomic E-state index is 0.0367. The first kappa shape index (κ1) is 12.7. The molecule has 3 rings (SSSR count). The average Bonchev–Trinajstić information content (AvgIpc) is 2.97. The van der Waals surface area contributed by atoms with E-state index in [0.29, 0.717) is 0 Å². The number of anilines is 1. The summed E-state index contributed by atoms with van der Waals surface area (Å²) in [5, 5.41) is 15.1. The van der Waals surface area contributed by atoms with Gasteiger partial charge < -0.3 is 5.73 Å². The molecule has 104 valence electrons. The van der Waals surface area contributed by atoms with Gasteiger partial charge in [0.1, 0.15) is 6.20 Å². The van der Waals surface area contributed by atoms with Crippen LogP contribution < -0.4 is 5.73 Å². The number of hydrogen-bond acceptors (Lipinski definition) is 6. The van der Waals surface area contributed by atoms with Gasteiger partial charge in [0.15, 0.2) is 0 Å². The van der Waals surface area contributed by atoms with Crippen LogP contribution in [0.25, 0.3) is 16.9 Å². The molecule has 0 saturated heterocycles. The molecule has 0 amide bonds. The van der Waals surface area contributed by atoms with Crippen LogP contribution in [0.5, 0.6) is 0 Å². The molecule has 0 fully saturated rings. The highest BCUT2D eigenvalue weighted by atomic mass is 16.6. The maximum atomic E-state index is 11.0. The van der Waals surface area contributed by atoms with Gasteiger partial charge >= 0.3 is 5.69 Å². The molecule has 0 spiro atoms. The zero-order valence-corrected chi connectivity index (χ0v) is 10.7. The molecule has 8 heteroatoms. The molecule has 3 aromatic rings. The van der Waals surface area contributed by atoms with E-state index in [1.165, 1.54) is 4.68 Å². The second-order valence-electron chi connectivity index (χ2n) is 4.23. The predicted octanol–water partition coefficient (Wildman–Crippen LogP) is 1.82. The maximum Gasteiger partial charge on any atom is 0.332 e. The highest BCUT2D eigenvalue weighted by Gasteiger charge is 2.19. The van der Waals surface area contributed by atoms with E-state index in [1.807, 2.05) is 30.3 Å². The largest absolute Gasteiger partial charge is 0.368 e. The highest BCUT2D eigenvalue weighted by molar-refractivity contribution is 5.62. The van der Waals surface area contributed by atoms with Crippen molar-refractivity contribution in [3.8, 4) is 16.9 Å². The maximum absolute atomic E-state index is 11.0. The molecule has 0 aliphatic rings. The van der Waals surface area contributed by atoms with Crippen molar-refractivity contribution in [2.75, 3.05) is 5.73 Å². The molecular weight excluding hydrogens is 272 g/mol. The van der Waals surface area contributed by atoms with Crippen molar-refractivity contribution in [1.82, 2.24) is 19.7 Å². The Balaban J connectivity index is 2.08. The minimum Gasteiger partial charge on any atom is -0.368 e. The molecule has 0 saturated carbocycles. The topological polar surface area (TPSA) is 113 Å². The van der Waals surface area contributed by atoms with Crippen LogP contribution in [0.15, 0.2) is 48.9 Å². The van der Waals surface area contributed by atoms with Crippen LogP contribution in [0.4, 0.5) is 11.6 Å². The summed E-state index contributed by atoms with van der Waals surface area (Å²) in [6.07, 6.45) is 4.34. The lowest BCUT2D eigenvalue weighted by atomic mass is 10.1. The third-order valence-electron chi connectivity index (χ3n) is 2.87. The first-order valence-corrected chi connectivity index (χ1v) is 6.02. The van der Waals surface area contributed by atoms with Crippen LogP contribution in [0.1, 0.15) is 0 Å². The molecule has 0 radical (unpaired) electrons. The van der Waals surface area contributed by atoms with E-state index in [9.17, 15) is 10.1 Å². The number of nitrogen functional groups attached to an aromatic ring is 1. The molecule has 0 atom stereocenters. The van der Waals surface area contributed by atoms with Crippen molar-refractivity contribution in [3.63, 3.8) is 0 Å². The Morgan fingerprint density at radius 3 is 2.62 bits per heavy atom. The van der Waals surface area contributed by atoms with Gasteiger partial charge in [-0.25, -0.2) is 9.67 Å². The Morgan fingerprint density at radius 2 is 1.90 bits per heavy atom. The van der Waals surface area contributed by atoms with Crippen molar-refractivity contribution < 1.29 is 4.92 Å². The zero-order valence-electron chi connectivity index (χ0n) is 10.7. The Morgan fingerprint density at radius 1 is 1.14 bits per heavy atom. The van der Waals surface area contributed by atoms with Gasteiger partial charge in [-0.1, -0.05) is 30.3 Å². The van der Waals surface area contributed by atoms with Crippen LogP contribution in [0, 0.1) is 10.1 Å². The van der Waals surface area contributed by atoms with Crippen LogP contribution in [0.3, 0.4) is 0 Å². The quantitative estimate of drug-likeness (QED) is 0.579. The first-order valence-electron chi connectivity index (χ1n) is 6.02. The van der Waals surface area contributed by atoms with E-state index < -0.39 is 4.92 Å². The van der Waals surface area contributed by atoms with Gasteiger partial charge in [0.2, 0.25) is 11.8 Å². The van der Waals surface area contributed by atoms with Crippen LogP contribution in [0.2, 0.25) is 0 Å². The smallest absolute Gasteiger partial charge is 0.332 e. The molecule has 8 nitrogen and oxygen atoms in total. The van der Waals surface area contributed by atoms with E-state index in [2.05, 4.69) is 15.1 Å². The minimum atomic E-state index is -0.571. The summed E-state index contributed by atoms with van der Waals surface area (Å²) in [4.78, 5) is 18.0. The Kier molecular flexibility index (Phi) is 3.03. The van der Waals surface area contributed by atoms with Crippen LogP contribution in [-0.2, 0) is 0 Å². The van der Waals surface area contributed by atoms with Crippen molar-refractivity contribution in [3.05, 3.63) is 59.0 Å². The summed E-state index contributed by atoms with van der Waals surface area (Å²) in [5.41, 5.74) is 7.01. The fraction of sp³-hybridized carbons (Fsp3) is 0. The summed E-state index contributed by atoms with van der Waals surface area (Å²) in [6, 6.07) is 9.55. The third-order valence-corrected chi connectivity index (χ3v) is 2.87. The number of nitrogens with zero attached hydrogens (tertiary/aromatic N) is 5. The molecule has 0 aliphatic carbocycles. The molecule has 2 heterocycles. The summed E-state index contributed by atoms with van der Waals surface area (Å²) in [5.74, 6) is -0.0120. The second-order valence-corrected chi connectivity index (χ2v) is 4.23.